The lowest BCUT2D eigenvalue weighted by Crippen LogP contribution is -2.15. The van der Waals surface area contributed by atoms with Gasteiger partial charge in [-0.3, -0.25) is 0 Å². The Kier molecular flexibility index (Phi) is 5.30. The molecule has 0 aromatic heterocycles. The van der Waals surface area contributed by atoms with E-state index >= 15 is 0 Å². The number of hydrogen-bond donors (Lipinski definition) is 0. The van der Waals surface area contributed by atoms with Gasteiger partial charge in [0.15, 0.2) is 0 Å². The van der Waals surface area contributed by atoms with Crippen molar-refractivity contribution in [3.8, 4) is 0 Å². The maximum Gasteiger partial charge on any atom is 0.0335 e. The molecule has 2 aliphatic carbocycles. The molecule has 0 aliphatic heterocycles. The molecule has 0 radical (unpaired) electrons. The van der Waals surface area contributed by atoms with Gasteiger partial charge in [0.1, 0.15) is 0 Å². The van der Waals surface area contributed by atoms with Crippen molar-refractivity contribution < 1.29 is 0 Å². The zero-order chi connectivity index (χ0) is 27.2. The molecule has 0 fully saturated rings. The number of allylic oxidation sites excluding steroid dienone is 1. The average molecular weight is 505 g/mol. The molecule has 7 rings (SSSR count). The summed E-state index contributed by atoms with van der Waals surface area (Å²) in [7, 11) is 0. The van der Waals surface area contributed by atoms with Crippen LogP contribution in [-0.4, -0.2) is 0 Å². The molecule has 0 N–H and O–H groups in total. The largest absolute Gasteiger partial charge is 0.0616 e. The van der Waals surface area contributed by atoms with Crippen molar-refractivity contribution >= 4 is 16.3 Å². The van der Waals surface area contributed by atoms with Crippen LogP contribution >= 0.6 is 0 Å². The lowest BCUT2D eigenvalue weighted by molar-refractivity contribution is 0.831. The summed E-state index contributed by atoms with van der Waals surface area (Å²) in [5.74, 6) is 0.464. The van der Waals surface area contributed by atoms with Crippen LogP contribution in [0.1, 0.15) is 84.2 Å². The van der Waals surface area contributed by atoms with Gasteiger partial charge < -0.3 is 0 Å². The predicted molar refractivity (Wildman–Crippen MR) is 166 cm³/mol. The van der Waals surface area contributed by atoms with E-state index in [1.165, 1.54) is 88.7 Å². The molecule has 0 heterocycles. The normalized spacial score (nSPS) is 17.5. The number of hydrogen-bond acceptors (Lipinski definition) is 0. The number of aryl methyl sites for hydroxylation is 7. The molecule has 0 bridgehead atoms. The number of fused-ring (bicyclic) bond motifs is 6. The Labute approximate surface area is 233 Å². The van der Waals surface area contributed by atoms with Crippen LogP contribution in [0.15, 0.2) is 84.4 Å². The van der Waals surface area contributed by atoms with Gasteiger partial charge in [0, 0.05) is 11.8 Å². The zero-order valence-electron chi connectivity index (χ0n) is 24.2. The van der Waals surface area contributed by atoms with Gasteiger partial charge in [-0.25, -0.2) is 0 Å². The second kappa shape index (κ2) is 8.55. The number of rotatable bonds is 2. The minimum Gasteiger partial charge on any atom is -0.0616 e. The van der Waals surface area contributed by atoms with Gasteiger partial charge in [0.05, 0.1) is 0 Å². The van der Waals surface area contributed by atoms with Crippen molar-refractivity contribution in [1.82, 2.24) is 0 Å². The Morgan fingerprint density at radius 2 is 1.03 bits per heavy atom. The van der Waals surface area contributed by atoms with Gasteiger partial charge in [-0.05, 0) is 126 Å². The van der Waals surface area contributed by atoms with Crippen molar-refractivity contribution in [2.24, 2.45) is 0 Å². The van der Waals surface area contributed by atoms with Crippen molar-refractivity contribution in [2.75, 3.05) is 0 Å². The molecule has 0 heteroatoms. The molecule has 0 saturated heterocycles. The highest BCUT2D eigenvalue weighted by Crippen LogP contribution is 2.62. The molecule has 39 heavy (non-hydrogen) atoms. The third kappa shape index (κ3) is 3.44. The van der Waals surface area contributed by atoms with E-state index < -0.39 is 0 Å². The minimum atomic E-state index is 0.222. The van der Waals surface area contributed by atoms with E-state index in [9.17, 15) is 0 Å². The summed E-state index contributed by atoms with van der Waals surface area (Å²) in [6, 6.07) is 30.4. The molecular formula is C39H36. The molecule has 192 valence electrons. The summed E-state index contributed by atoms with van der Waals surface area (Å²) in [4.78, 5) is 0. The van der Waals surface area contributed by atoms with Crippen LogP contribution in [0, 0.1) is 48.5 Å². The Morgan fingerprint density at radius 3 is 1.67 bits per heavy atom. The van der Waals surface area contributed by atoms with Crippen molar-refractivity contribution in [3.05, 3.63) is 157 Å². The van der Waals surface area contributed by atoms with Crippen LogP contribution in [0.2, 0.25) is 0 Å². The van der Waals surface area contributed by atoms with Gasteiger partial charge in [0.2, 0.25) is 0 Å². The first-order valence-corrected chi connectivity index (χ1v) is 14.3. The van der Waals surface area contributed by atoms with E-state index in [-0.39, 0.29) is 11.8 Å². The predicted octanol–water partition coefficient (Wildman–Crippen LogP) is 10.1. The minimum absolute atomic E-state index is 0.222. The fourth-order valence-electron chi connectivity index (χ4n) is 8.11. The van der Waals surface area contributed by atoms with Crippen molar-refractivity contribution in [3.63, 3.8) is 0 Å². The first-order valence-electron chi connectivity index (χ1n) is 14.3. The second-order valence-corrected chi connectivity index (χ2v) is 12.2. The smallest absolute Gasteiger partial charge is 0.0335 e. The monoisotopic (exact) mass is 504 g/mol. The molecule has 2 atom stereocenters. The fourth-order valence-corrected chi connectivity index (χ4v) is 8.11. The van der Waals surface area contributed by atoms with E-state index in [0.29, 0.717) is 0 Å². The summed E-state index contributed by atoms with van der Waals surface area (Å²) in [6.07, 6.45) is 0. The highest BCUT2D eigenvalue weighted by Gasteiger charge is 2.45. The van der Waals surface area contributed by atoms with Crippen molar-refractivity contribution in [1.29, 1.82) is 0 Å². The summed E-state index contributed by atoms with van der Waals surface area (Å²) < 4.78 is 0. The maximum atomic E-state index is 2.46. The van der Waals surface area contributed by atoms with Crippen LogP contribution in [-0.2, 0) is 0 Å². The number of benzene rings is 5. The third-order valence-electron chi connectivity index (χ3n) is 9.28. The zero-order valence-corrected chi connectivity index (χ0v) is 24.2. The first-order chi connectivity index (χ1) is 18.7. The van der Waals surface area contributed by atoms with Gasteiger partial charge in [-0.15, -0.1) is 0 Å². The molecule has 2 aliphatic rings. The van der Waals surface area contributed by atoms with E-state index in [2.05, 4.69) is 127 Å². The van der Waals surface area contributed by atoms with E-state index in [1.54, 1.807) is 5.57 Å². The fraction of sp³-hybridized carbons (Fsp3) is 0.231. The van der Waals surface area contributed by atoms with Crippen molar-refractivity contribution in [2.45, 2.75) is 60.3 Å². The molecule has 0 nitrogen and oxygen atoms in total. The van der Waals surface area contributed by atoms with E-state index in [0.717, 1.165) is 0 Å². The van der Waals surface area contributed by atoms with Crippen LogP contribution in [0.25, 0.3) is 16.3 Å². The molecule has 0 amide bonds. The molecule has 5 aromatic carbocycles. The quantitative estimate of drug-likeness (QED) is 0.224. The highest BCUT2D eigenvalue weighted by molar-refractivity contribution is 6.03. The standard InChI is InChI=1S/C39H36/c1-21-12-14-30-32(20-21)37(33-24(4)16-22(2)17-25(33)5)39-36(30)31-15-13-28-10-8-9-11-29(28)35(31)38(39)34-26(6)18-23(3)19-27(34)7/h8-20,37-38H,1-7H3. The van der Waals surface area contributed by atoms with Crippen LogP contribution in [0.4, 0.5) is 0 Å². The Hall–Kier alpha value is -3.90. The molecular weight excluding hydrogens is 468 g/mol. The average Bonchev–Trinajstić information content (AvgIpc) is 3.36. The molecule has 0 spiro atoms. The Balaban J connectivity index is 1.64. The Bertz CT molecular complexity index is 1830. The Morgan fingerprint density at radius 1 is 0.462 bits per heavy atom. The molecule has 0 saturated carbocycles. The van der Waals surface area contributed by atoms with Gasteiger partial charge in [-0.2, -0.15) is 0 Å². The molecule has 5 aromatic rings. The first kappa shape index (κ1) is 24.2. The lowest BCUT2D eigenvalue weighted by Gasteiger charge is -2.30. The molecule has 2 unspecified atom stereocenters. The van der Waals surface area contributed by atoms with Gasteiger partial charge in [0.25, 0.3) is 0 Å². The van der Waals surface area contributed by atoms with Gasteiger partial charge >= 0.3 is 0 Å². The summed E-state index contributed by atoms with van der Waals surface area (Å²) in [6.45, 7) is 16.0. The van der Waals surface area contributed by atoms with Crippen LogP contribution < -0.4 is 0 Å². The third-order valence-corrected chi connectivity index (χ3v) is 9.28. The topological polar surface area (TPSA) is 0 Å². The van der Waals surface area contributed by atoms with E-state index in [4.69, 9.17) is 0 Å². The van der Waals surface area contributed by atoms with Gasteiger partial charge in [-0.1, -0.05) is 95.6 Å². The van der Waals surface area contributed by atoms with Crippen LogP contribution in [0.5, 0.6) is 0 Å². The van der Waals surface area contributed by atoms with E-state index in [1.807, 2.05) is 0 Å². The lowest BCUT2D eigenvalue weighted by atomic mass is 9.73. The second-order valence-electron chi connectivity index (χ2n) is 12.2. The SMILES string of the molecule is Cc1cc(C)c(C2C3=C(c4ccc(C)cc42)c2ccc4ccccc4c2C3c2c(C)cc(C)cc2C)c(C)c1. The maximum absolute atomic E-state index is 2.46. The highest BCUT2D eigenvalue weighted by atomic mass is 14.5. The summed E-state index contributed by atoms with van der Waals surface area (Å²) in [5, 5.41) is 2.71. The summed E-state index contributed by atoms with van der Waals surface area (Å²) in [5.41, 5.74) is 21.4. The van der Waals surface area contributed by atoms with Crippen LogP contribution in [0.3, 0.4) is 0 Å². The summed E-state index contributed by atoms with van der Waals surface area (Å²) >= 11 is 0.